The number of Topliss-reactive ketones (excluding diaryl/α,β-unsaturated/α-hetero) is 1. The van der Waals surface area contributed by atoms with E-state index in [1.54, 1.807) is 0 Å². The zero-order valence-corrected chi connectivity index (χ0v) is 12.2. The molecule has 2 rings (SSSR count). The minimum Gasteiger partial charge on any atom is -0.294 e. The van der Waals surface area contributed by atoms with Gasteiger partial charge in [0.15, 0.2) is 5.78 Å². The molecule has 0 N–H and O–H groups in total. The maximum Gasteiger partial charge on any atom is 0.170 e. The van der Waals surface area contributed by atoms with Crippen LogP contribution in [-0.4, -0.2) is 5.78 Å². The van der Waals surface area contributed by atoms with E-state index in [1.807, 2.05) is 0 Å². The molecule has 0 heterocycles. The Morgan fingerprint density at radius 2 is 1.80 bits per heavy atom. The molecule has 0 fully saturated rings. The highest BCUT2D eigenvalue weighted by molar-refractivity contribution is 9.10. The summed E-state index contributed by atoms with van der Waals surface area (Å²) in [7, 11) is 0. The van der Waals surface area contributed by atoms with Crippen molar-refractivity contribution in [2.45, 2.75) is 6.42 Å². The molecule has 0 radical (unpaired) electrons. The predicted molar refractivity (Wildman–Crippen MR) is 73.5 cm³/mol. The number of carbonyl (C=O) groups excluding carboxylic acids is 1. The Bertz CT molecular complexity index is 688. The molecule has 0 aliphatic rings. The van der Waals surface area contributed by atoms with E-state index in [0.29, 0.717) is 5.56 Å². The Morgan fingerprint density at radius 3 is 2.50 bits per heavy atom. The summed E-state index contributed by atoms with van der Waals surface area (Å²) >= 11 is 8.42. The van der Waals surface area contributed by atoms with Crippen LogP contribution in [0.4, 0.5) is 13.2 Å². The van der Waals surface area contributed by atoms with Crippen molar-refractivity contribution in [1.29, 1.82) is 0 Å². The first kappa shape index (κ1) is 15.1. The van der Waals surface area contributed by atoms with Crippen LogP contribution in [0, 0.1) is 17.5 Å². The Kier molecular flexibility index (Phi) is 4.50. The van der Waals surface area contributed by atoms with Crippen molar-refractivity contribution in [3.8, 4) is 0 Å². The lowest BCUT2D eigenvalue weighted by Crippen LogP contribution is -2.08. The zero-order valence-electron chi connectivity index (χ0n) is 9.89. The highest BCUT2D eigenvalue weighted by Crippen LogP contribution is 2.24. The van der Waals surface area contributed by atoms with Gasteiger partial charge in [-0.05, 0) is 39.7 Å². The van der Waals surface area contributed by atoms with Crippen molar-refractivity contribution >= 4 is 33.3 Å². The molecular weight excluding hydrogens is 357 g/mol. The average molecular weight is 364 g/mol. The number of hydrogen-bond acceptors (Lipinski definition) is 1. The topological polar surface area (TPSA) is 17.1 Å². The molecule has 0 atom stereocenters. The van der Waals surface area contributed by atoms with Gasteiger partial charge >= 0.3 is 0 Å². The lowest BCUT2D eigenvalue weighted by atomic mass is 10.0. The monoisotopic (exact) mass is 362 g/mol. The smallest absolute Gasteiger partial charge is 0.170 e. The molecule has 0 spiro atoms. The second-order valence-electron chi connectivity index (χ2n) is 4.06. The molecule has 0 bridgehead atoms. The fourth-order valence-electron chi connectivity index (χ4n) is 1.69. The molecule has 104 valence electrons. The minimum atomic E-state index is -0.908. The Labute approximate surface area is 126 Å². The van der Waals surface area contributed by atoms with Crippen LogP contribution in [0.1, 0.15) is 15.9 Å². The van der Waals surface area contributed by atoms with Crippen LogP contribution in [0.15, 0.2) is 34.8 Å². The van der Waals surface area contributed by atoms with Gasteiger partial charge in [-0.25, -0.2) is 13.2 Å². The molecule has 6 heteroatoms. The fraction of sp³-hybridized carbons (Fsp3) is 0.0714. The van der Waals surface area contributed by atoms with Gasteiger partial charge in [0.05, 0.1) is 15.1 Å². The van der Waals surface area contributed by atoms with Gasteiger partial charge in [0.25, 0.3) is 0 Å². The lowest BCUT2D eigenvalue weighted by Gasteiger charge is -2.06. The van der Waals surface area contributed by atoms with Gasteiger partial charge in [0.2, 0.25) is 0 Å². The van der Waals surface area contributed by atoms with E-state index in [0.717, 1.165) is 12.1 Å². The van der Waals surface area contributed by atoms with Crippen molar-refractivity contribution < 1.29 is 18.0 Å². The molecule has 0 saturated heterocycles. The van der Waals surface area contributed by atoms with Gasteiger partial charge in [-0.2, -0.15) is 0 Å². The molecule has 2 aromatic rings. The number of hydrogen-bond donors (Lipinski definition) is 0. The summed E-state index contributed by atoms with van der Waals surface area (Å²) in [6.07, 6.45) is -0.254. The quantitative estimate of drug-likeness (QED) is 0.557. The van der Waals surface area contributed by atoms with E-state index in [4.69, 9.17) is 11.6 Å². The van der Waals surface area contributed by atoms with Crippen LogP contribution in [0.2, 0.25) is 5.02 Å². The largest absolute Gasteiger partial charge is 0.294 e. The summed E-state index contributed by atoms with van der Waals surface area (Å²) in [6.45, 7) is 0. The Balaban J connectivity index is 2.33. The Hall–Kier alpha value is -1.33. The SMILES string of the molecule is O=C(Cc1cccc(F)c1Br)c1cc(F)c(Cl)cc1F. The second kappa shape index (κ2) is 5.97. The number of ketones is 1. The molecule has 2 aromatic carbocycles. The highest BCUT2D eigenvalue weighted by Gasteiger charge is 2.17. The summed E-state index contributed by atoms with van der Waals surface area (Å²) in [4.78, 5) is 12.0. The molecule has 0 aliphatic heterocycles. The third-order valence-electron chi connectivity index (χ3n) is 2.69. The van der Waals surface area contributed by atoms with Gasteiger partial charge in [0, 0.05) is 6.42 Å². The highest BCUT2D eigenvalue weighted by atomic mass is 79.9. The van der Waals surface area contributed by atoms with Crippen molar-refractivity contribution in [3.63, 3.8) is 0 Å². The van der Waals surface area contributed by atoms with E-state index >= 15 is 0 Å². The molecule has 0 aromatic heterocycles. The molecule has 0 unspecified atom stereocenters. The lowest BCUT2D eigenvalue weighted by molar-refractivity contribution is 0.0988. The molecule has 0 amide bonds. The van der Waals surface area contributed by atoms with E-state index in [1.165, 1.54) is 18.2 Å². The van der Waals surface area contributed by atoms with Crippen LogP contribution >= 0.6 is 27.5 Å². The van der Waals surface area contributed by atoms with Crippen LogP contribution in [0.3, 0.4) is 0 Å². The summed E-state index contributed by atoms with van der Waals surface area (Å²) in [6, 6.07) is 5.66. The van der Waals surface area contributed by atoms with Gasteiger partial charge in [-0.1, -0.05) is 23.7 Å². The number of halogens is 5. The van der Waals surface area contributed by atoms with Crippen molar-refractivity contribution in [2.24, 2.45) is 0 Å². The van der Waals surface area contributed by atoms with Crippen LogP contribution in [0.5, 0.6) is 0 Å². The summed E-state index contributed by atoms with van der Waals surface area (Å²) in [5.74, 6) is -2.98. The second-order valence-corrected chi connectivity index (χ2v) is 5.26. The van der Waals surface area contributed by atoms with Crippen molar-refractivity contribution in [1.82, 2.24) is 0 Å². The maximum atomic E-state index is 13.6. The van der Waals surface area contributed by atoms with Gasteiger partial charge < -0.3 is 0 Å². The molecular formula is C14H7BrClF3O. The number of benzene rings is 2. The number of rotatable bonds is 3. The third kappa shape index (κ3) is 3.04. The van der Waals surface area contributed by atoms with Crippen molar-refractivity contribution in [2.75, 3.05) is 0 Å². The zero-order chi connectivity index (χ0) is 14.9. The Morgan fingerprint density at radius 1 is 1.10 bits per heavy atom. The standard InChI is InChI=1S/C14H7BrClF3O/c15-14-7(2-1-3-10(14)17)4-13(20)8-5-12(19)9(16)6-11(8)18/h1-3,5-6H,4H2. The first-order valence-electron chi connectivity index (χ1n) is 5.50. The van der Waals surface area contributed by atoms with Gasteiger partial charge in [0.1, 0.15) is 17.5 Å². The van der Waals surface area contributed by atoms with Crippen LogP contribution in [-0.2, 0) is 6.42 Å². The van der Waals surface area contributed by atoms with E-state index < -0.39 is 33.8 Å². The third-order valence-corrected chi connectivity index (χ3v) is 3.87. The molecule has 1 nitrogen and oxygen atoms in total. The normalized spacial score (nSPS) is 10.7. The predicted octanol–water partition coefficient (Wildman–Crippen LogP) is 4.95. The average Bonchev–Trinajstić information content (AvgIpc) is 2.39. The first-order chi connectivity index (χ1) is 9.40. The first-order valence-corrected chi connectivity index (χ1v) is 6.68. The van der Waals surface area contributed by atoms with Crippen molar-refractivity contribution in [3.05, 3.63) is 68.4 Å². The minimum absolute atomic E-state index is 0.128. The van der Waals surface area contributed by atoms with Gasteiger partial charge in [-0.3, -0.25) is 4.79 Å². The maximum absolute atomic E-state index is 13.6. The molecule has 0 saturated carbocycles. The molecule has 20 heavy (non-hydrogen) atoms. The van der Waals surface area contributed by atoms with Gasteiger partial charge in [-0.15, -0.1) is 0 Å². The fourth-order valence-corrected chi connectivity index (χ4v) is 2.24. The summed E-state index contributed by atoms with van der Waals surface area (Å²) in [5.41, 5.74) is -0.0622. The van der Waals surface area contributed by atoms with E-state index in [2.05, 4.69) is 15.9 Å². The van der Waals surface area contributed by atoms with Crippen LogP contribution in [0.25, 0.3) is 0 Å². The molecule has 0 aliphatic carbocycles. The summed E-state index contributed by atoms with van der Waals surface area (Å²) in [5, 5.41) is -0.397. The van der Waals surface area contributed by atoms with E-state index in [9.17, 15) is 18.0 Å². The summed E-state index contributed by atoms with van der Waals surface area (Å²) < 4.78 is 40.3. The van der Waals surface area contributed by atoms with Crippen LogP contribution < -0.4 is 0 Å². The number of carbonyl (C=O) groups is 1. The van der Waals surface area contributed by atoms with E-state index in [-0.39, 0.29) is 10.9 Å².